The molecule has 0 unspecified atom stereocenters. The lowest BCUT2D eigenvalue weighted by atomic mass is 9.90. The molecular weight excluding hydrogens is 560 g/mol. The average molecular weight is 588 g/mol. The van der Waals surface area contributed by atoms with E-state index in [1.54, 1.807) is 24.3 Å². The largest absolute Gasteiger partial charge is 0.508 e. The molecule has 2 heterocycles. The van der Waals surface area contributed by atoms with Crippen molar-refractivity contribution < 1.29 is 48.7 Å². The molecule has 2 aromatic carbocycles. The number of aliphatic hydroxyl groups excluding tert-OH is 1. The van der Waals surface area contributed by atoms with Gasteiger partial charge in [0.15, 0.2) is 5.43 Å². The van der Waals surface area contributed by atoms with E-state index >= 15 is 0 Å². The van der Waals surface area contributed by atoms with E-state index in [4.69, 9.17) is 9.25 Å². The van der Waals surface area contributed by atoms with E-state index in [1.807, 2.05) is 0 Å². The number of amides is 2. The van der Waals surface area contributed by atoms with Gasteiger partial charge >= 0.3 is 17.8 Å². The van der Waals surface area contributed by atoms with Gasteiger partial charge in [0.25, 0.3) is 11.8 Å². The number of aromatic hydroxyl groups is 1. The van der Waals surface area contributed by atoms with Crippen LogP contribution in [0.15, 0.2) is 63.8 Å². The van der Waals surface area contributed by atoms with Gasteiger partial charge < -0.3 is 24.6 Å². The van der Waals surface area contributed by atoms with E-state index in [0.717, 1.165) is 0 Å². The highest BCUT2D eigenvalue weighted by Gasteiger charge is 2.32. The van der Waals surface area contributed by atoms with Crippen molar-refractivity contribution in [1.29, 1.82) is 0 Å². The Kier molecular flexibility index (Phi) is 8.19. The molecule has 43 heavy (non-hydrogen) atoms. The Morgan fingerprint density at radius 3 is 2.37 bits per heavy atom. The molecule has 0 spiro atoms. The summed E-state index contributed by atoms with van der Waals surface area (Å²) >= 11 is 0. The molecule has 2 aliphatic heterocycles. The first-order valence-corrected chi connectivity index (χ1v) is 13.6. The summed E-state index contributed by atoms with van der Waals surface area (Å²) in [6.45, 7) is 0.324. The number of carbonyl (C=O) groups excluding carboxylic acids is 3. The Bertz CT molecular complexity index is 1810. The summed E-state index contributed by atoms with van der Waals surface area (Å²) < 4.78 is 5.84. The molecule has 220 valence electrons. The minimum atomic E-state index is -1.24. The van der Waals surface area contributed by atoms with Gasteiger partial charge in [0.2, 0.25) is 0 Å². The second kappa shape index (κ2) is 12.1. The molecule has 0 radical (unpaired) electrons. The number of carboxylic acid groups (broad SMARTS) is 1. The summed E-state index contributed by atoms with van der Waals surface area (Å²) in [5.41, 5.74) is 1.41. The van der Waals surface area contributed by atoms with E-state index in [2.05, 4.69) is 4.99 Å². The number of rotatable bonds is 10. The zero-order valence-corrected chi connectivity index (χ0v) is 22.8. The number of unbranched alkanes of at least 4 members (excludes halogenated alkanes) is 2. The number of hydrogen-bond donors (Lipinski definition) is 4. The Morgan fingerprint density at radius 1 is 0.884 bits per heavy atom. The number of phenols is 1. The summed E-state index contributed by atoms with van der Waals surface area (Å²) in [5, 5.41) is 31.7. The number of hydroxylamine groups is 2. The predicted octanol–water partition coefficient (Wildman–Crippen LogP) is 2.52. The van der Waals surface area contributed by atoms with Gasteiger partial charge in [0.05, 0.1) is 11.1 Å². The SMILES string of the molecule is O=C(CCCCC[NH+]=C(O)c1ccc(-c2c3ccc(=O)cc-3oc3cc(O)ccc23)c(C(=O)O)c1)ON1C(=O)CCC1=O. The second-order valence-corrected chi connectivity index (χ2v) is 10.0. The molecule has 12 nitrogen and oxygen atoms in total. The van der Waals surface area contributed by atoms with Gasteiger partial charge in [-0.05, 0) is 54.8 Å². The monoisotopic (exact) mass is 587 g/mol. The number of nitrogens with zero attached hydrogens (tertiary/aromatic N) is 1. The molecule has 0 atom stereocenters. The summed E-state index contributed by atoms with van der Waals surface area (Å²) in [4.78, 5) is 67.0. The molecule has 12 heteroatoms. The maximum atomic E-state index is 12.4. The molecule has 1 aliphatic carbocycles. The van der Waals surface area contributed by atoms with Crippen molar-refractivity contribution >= 4 is 40.6 Å². The Hall–Kier alpha value is -5.52. The number of imide groups is 1. The maximum absolute atomic E-state index is 12.4. The Morgan fingerprint density at radius 2 is 1.63 bits per heavy atom. The summed E-state index contributed by atoms with van der Waals surface area (Å²) in [6, 6.07) is 13.1. The number of aromatic carboxylic acids is 1. The van der Waals surface area contributed by atoms with Crippen molar-refractivity contribution in [3.63, 3.8) is 0 Å². The van der Waals surface area contributed by atoms with Crippen LogP contribution in [0.25, 0.3) is 33.4 Å². The molecule has 1 saturated heterocycles. The van der Waals surface area contributed by atoms with Gasteiger partial charge in [-0.3, -0.25) is 14.4 Å². The third-order valence-corrected chi connectivity index (χ3v) is 7.02. The highest BCUT2D eigenvalue weighted by molar-refractivity contribution is 6.08. The lowest BCUT2D eigenvalue weighted by Gasteiger charge is -2.17. The standard InChI is InChI=1S/C31H26N2O10/c34-18-6-9-21-24(15-18)42-25-16-19(35)7-10-22(25)29(21)20-8-5-17(14-23(20)31(40)41)30(39)32-13-3-1-2-4-28(38)43-33-26(36)11-12-27(33)37/h5-10,14-16,34H,1-4,11-13H2,(H,32,39)(H,40,41)/p+1. The number of carbonyl (C=O) groups is 4. The second-order valence-electron chi connectivity index (χ2n) is 10.0. The van der Waals surface area contributed by atoms with Crippen molar-refractivity contribution in [1.82, 2.24) is 5.06 Å². The normalized spacial score (nSPS) is 13.7. The fourth-order valence-corrected chi connectivity index (χ4v) is 4.92. The molecule has 0 saturated carbocycles. The van der Waals surface area contributed by atoms with Gasteiger partial charge in [0, 0.05) is 54.3 Å². The minimum absolute atomic E-state index is 0.0159. The van der Waals surface area contributed by atoms with Crippen LogP contribution >= 0.6 is 0 Å². The number of aliphatic hydroxyl groups is 1. The molecule has 2 aromatic rings. The molecule has 0 bridgehead atoms. The fourth-order valence-electron chi connectivity index (χ4n) is 4.92. The number of hydrogen-bond acceptors (Lipinski definition) is 8. The van der Waals surface area contributed by atoms with Crippen LogP contribution in [0.1, 0.15) is 54.4 Å². The van der Waals surface area contributed by atoms with E-state index in [1.165, 1.54) is 30.3 Å². The number of fused-ring (bicyclic) bond motifs is 2. The van der Waals surface area contributed by atoms with Gasteiger partial charge in [0.1, 0.15) is 23.6 Å². The molecule has 2 amide bonds. The maximum Gasteiger partial charge on any atom is 0.365 e. The minimum Gasteiger partial charge on any atom is -0.508 e. The number of phenolic OH excluding ortho intramolecular Hbond substituents is 1. The van der Waals surface area contributed by atoms with Crippen molar-refractivity contribution in [3.8, 4) is 28.2 Å². The fraction of sp³-hybridized carbons (Fsp3) is 0.226. The van der Waals surface area contributed by atoms with Crippen molar-refractivity contribution in [2.24, 2.45) is 0 Å². The zero-order chi connectivity index (χ0) is 30.7. The molecule has 0 aromatic heterocycles. The number of benzene rings is 3. The molecular formula is C31H27N2O10+. The molecule has 5 rings (SSSR count). The van der Waals surface area contributed by atoms with Crippen LogP contribution < -0.4 is 10.4 Å². The van der Waals surface area contributed by atoms with E-state index in [-0.39, 0.29) is 58.8 Å². The van der Waals surface area contributed by atoms with Gasteiger partial charge in [-0.15, -0.1) is 5.06 Å². The lowest BCUT2D eigenvalue weighted by Crippen LogP contribution is -2.73. The van der Waals surface area contributed by atoms with Crippen LogP contribution in [-0.2, 0) is 19.2 Å². The quantitative estimate of drug-likeness (QED) is 0.0706. The molecule has 4 N–H and O–H groups in total. The number of nitrogens with one attached hydrogen (secondary N) is 1. The molecule has 1 fully saturated rings. The van der Waals surface area contributed by atoms with Crippen LogP contribution in [0.5, 0.6) is 5.75 Å². The number of carboxylic acids is 1. The first-order chi connectivity index (χ1) is 20.6. The van der Waals surface area contributed by atoms with Crippen molar-refractivity contribution in [3.05, 3.63) is 75.9 Å². The van der Waals surface area contributed by atoms with Gasteiger partial charge in [-0.25, -0.2) is 14.6 Å². The van der Waals surface area contributed by atoms with Gasteiger partial charge in [-0.2, -0.15) is 0 Å². The smallest absolute Gasteiger partial charge is 0.365 e. The van der Waals surface area contributed by atoms with Crippen molar-refractivity contribution in [2.75, 3.05) is 6.54 Å². The molecule has 3 aliphatic rings. The average Bonchev–Trinajstić information content (AvgIpc) is 3.29. The first-order valence-electron chi connectivity index (χ1n) is 13.6. The zero-order valence-electron chi connectivity index (χ0n) is 22.8. The van der Waals surface area contributed by atoms with Crippen LogP contribution in [0, 0.1) is 0 Å². The summed E-state index contributed by atoms with van der Waals surface area (Å²) in [6.07, 6.45) is 1.65. The Labute approximate surface area is 243 Å². The van der Waals surface area contributed by atoms with Crippen molar-refractivity contribution in [2.45, 2.75) is 38.5 Å². The summed E-state index contributed by atoms with van der Waals surface area (Å²) in [7, 11) is 0. The van der Waals surface area contributed by atoms with E-state index in [9.17, 15) is 39.3 Å². The third kappa shape index (κ3) is 6.22. The first kappa shape index (κ1) is 29.0. The van der Waals surface area contributed by atoms with Crippen LogP contribution in [0.2, 0.25) is 0 Å². The highest BCUT2D eigenvalue weighted by Crippen LogP contribution is 2.42. The highest BCUT2D eigenvalue weighted by atomic mass is 16.7. The van der Waals surface area contributed by atoms with Gasteiger partial charge in [-0.1, -0.05) is 6.07 Å². The predicted molar refractivity (Wildman–Crippen MR) is 151 cm³/mol. The topological polar surface area (TPSA) is 186 Å². The van der Waals surface area contributed by atoms with E-state index in [0.29, 0.717) is 52.9 Å². The lowest BCUT2D eigenvalue weighted by molar-refractivity contribution is -0.466. The van der Waals surface area contributed by atoms with Crippen LogP contribution in [0.4, 0.5) is 0 Å². The summed E-state index contributed by atoms with van der Waals surface area (Å²) in [5.74, 6) is -3.06. The van der Waals surface area contributed by atoms with E-state index < -0.39 is 23.8 Å². The Balaban J connectivity index is 1.31. The third-order valence-electron chi connectivity index (χ3n) is 7.02. The van der Waals surface area contributed by atoms with Crippen LogP contribution in [-0.4, -0.2) is 56.6 Å². The van der Waals surface area contributed by atoms with Crippen LogP contribution in [0.3, 0.4) is 0 Å².